The molecule has 1 atom stereocenters. The summed E-state index contributed by atoms with van der Waals surface area (Å²) in [5, 5.41) is 9.41. The minimum atomic E-state index is -0.762. The second-order valence-electron chi connectivity index (χ2n) is 8.77. The molecule has 2 aromatic carbocycles. The van der Waals surface area contributed by atoms with Crippen molar-refractivity contribution in [3.63, 3.8) is 0 Å². The SMILES string of the molecule is CCCCCCOc1ccccc1[C@H]1Oc2nc(SCCCC)nnc2-c2ccccc2N1C(C)=O. The van der Waals surface area contributed by atoms with Gasteiger partial charge < -0.3 is 9.47 Å². The van der Waals surface area contributed by atoms with Crippen molar-refractivity contribution in [2.24, 2.45) is 0 Å². The molecule has 0 aliphatic carbocycles. The normalized spacial score (nSPS) is 14.4. The Hall–Kier alpha value is -3.13. The number of hydrogen-bond acceptors (Lipinski definition) is 7. The third-order valence-corrected chi connectivity index (χ3v) is 6.94. The van der Waals surface area contributed by atoms with Crippen LogP contribution in [0.25, 0.3) is 11.3 Å². The molecule has 8 heteroatoms. The van der Waals surface area contributed by atoms with E-state index in [2.05, 4.69) is 24.0 Å². The number of hydrogen-bond donors (Lipinski definition) is 0. The van der Waals surface area contributed by atoms with Gasteiger partial charge in [0.25, 0.3) is 0 Å². The fraction of sp³-hybridized carbons (Fsp3) is 0.429. The number of fused-ring (bicyclic) bond motifs is 3. The Balaban J connectivity index is 1.75. The van der Waals surface area contributed by atoms with Crippen LogP contribution in [0, 0.1) is 0 Å². The first-order chi connectivity index (χ1) is 17.6. The lowest BCUT2D eigenvalue weighted by Gasteiger charge is -2.30. The molecule has 0 spiro atoms. The molecule has 2 heterocycles. The van der Waals surface area contributed by atoms with E-state index < -0.39 is 6.23 Å². The molecule has 0 radical (unpaired) electrons. The van der Waals surface area contributed by atoms with Gasteiger partial charge in [-0.2, -0.15) is 4.98 Å². The van der Waals surface area contributed by atoms with E-state index in [1.165, 1.54) is 12.8 Å². The molecule has 0 bridgehead atoms. The van der Waals surface area contributed by atoms with Gasteiger partial charge in [-0.3, -0.25) is 9.69 Å². The average molecular weight is 507 g/mol. The number of ether oxygens (including phenoxy) is 2. The van der Waals surface area contributed by atoms with E-state index >= 15 is 0 Å². The summed E-state index contributed by atoms with van der Waals surface area (Å²) >= 11 is 1.56. The first kappa shape index (κ1) is 25.9. The van der Waals surface area contributed by atoms with Crippen LogP contribution in [0.1, 0.15) is 71.1 Å². The van der Waals surface area contributed by atoms with Crippen LogP contribution in [0.3, 0.4) is 0 Å². The van der Waals surface area contributed by atoms with Crippen molar-refractivity contribution < 1.29 is 14.3 Å². The zero-order chi connectivity index (χ0) is 25.3. The summed E-state index contributed by atoms with van der Waals surface area (Å²) in [5.41, 5.74) is 2.75. The minimum absolute atomic E-state index is 0.150. The fourth-order valence-electron chi connectivity index (χ4n) is 4.15. The summed E-state index contributed by atoms with van der Waals surface area (Å²) in [4.78, 5) is 19.5. The number of benzene rings is 2. The van der Waals surface area contributed by atoms with Gasteiger partial charge in [-0.1, -0.05) is 81.6 Å². The zero-order valence-corrected chi connectivity index (χ0v) is 22.1. The first-order valence-electron chi connectivity index (χ1n) is 12.8. The van der Waals surface area contributed by atoms with E-state index in [9.17, 15) is 4.79 Å². The maximum absolute atomic E-state index is 13.1. The number of unbranched alkanes of at least 4 members (excludes halogenated alkanes) is 4. The van der Waals surface area contributed by atoms with Crippen LogP contribution in [-0.2, 0) is 4.79 Å². The Bertz CT molecular complexity index is 1170. The van der Waals surface area contributed by atoms with Gasteiger partial charge in [-0.15, -0.1) is 10.2 Å². The topological polar surface area (TPSA) is 77.4 Å². The van der Waals surface area contributed by atoms with Gasteiger partial charge in [0.05, 0.1) is 17.9 Å². The molecule has 7 nitrogen and oxygen atoms in total. The maximum Gasteiger partial charge on any atom is 0.247 e. The third-order valence-electron chi connectivity index (χ3n) is 6.02. The third kappa shape index (κ3) is 5.98. The van der Waals surface area contributed by atoms with E-state index in [4.69, 9.17) is 14.5 Å². The van der Waals surface area contributed by atoms with Crippen LogP contribution >= 0.6 is 11.8 Å². The predicted octanol–water partition coefficient (Wildman–Crippen LogP) is 6.83. The highest BCUT2D eigenvalue weighted by atomic mass is 32.2. The Morgan fingerprint density at radius 2 is 1.78 bits per heavy atom. The van der Waals surface area contributed by atoms with Crippen LogP contribution in [0.2, 0.25) is 0 Å². The maximum atomic E-state index is 13.1. The first-order valence-corrected chi connectivity index (χ1v) is 13.8. The molecule has 0 saturated heterocycles. The molecule has 1 aliphatic rings. The van der Waals surface area contributed by atoms with Crippen LogP contribution in [0.15, 0.2) is 53.7 Å². The standard InChI is InChI=1S/C28H34N4O3S/c1-4-6-8-13-18-34-24-17-12-10-15-22(24)27-32(20(3)33)23-16-11-9-14-21(23)25-26(35-27)29-28(31-30-25)36-19-7-5-2/h9-12,14-17,27H,4-8,13,18-19H2,1-3H3/t27-/m1/s1. The lowest BCUT2D eigenvalue weighted by molar-refractivity contribution is -0.118. The monoisotopic (exact) mass is 506 g/mol. The summed E-state index contributed by atoms with van der Waals surface area (Å²) < 4.78 is 12.7. The van der Waals surface area contributed by atoms with Crippen LogP contribution in [-0.4, -0.2) is 33.4 Å². The van der Waals surface area contributed by atoms with Crippen molar-refractivity contribution in [3.8, 4) is 22.9 Å². The van der Waals surface area contributed by atoms with E-state index in [0.717, 1.165) is 42.6 Å². The molecule has 1 aromatic heterocycles. The van der Waals surface area contributed by atoms with Gasteiger partial charge >= 0.3 is 0 Å². The van der Waals surface area contributed by atoms with E-state index in [1.807, 2.05) is 48.5 Å². The average Bonchev–Trinajstić information content (AvgIpc) is 3.03. The molecule has 0 N–H and O–H groups in total. The molecule has 190 valence electrons. The molecule has 36 heavy (non-hydrogen) atoms. The largest absolute Gasteiger partial charge is 0.493 e. The van der Waals surface area contributed by atoms with Crippen molar-refractivity contribution in [2.75, 3.05) is 17.3 Å². The van der Waals surface area contributed by atoms with Crippen molar-refractivity contribution >= 4 is 23.4 Å². The van der Waals surface area contributed by atoms with Crippen LogP contribution in [0.5, 0.6) is 11.6 Å². The van der Waals surface area contributed by atoms with Gasteiger partial charge in [0, 0.05) is 18.2 Å². The molecule has 1 amide bonds. The molecule has 1 aliphatic heterocycles. The number of aromatic nitrogens is 3. The summed E-state index contributed by atoms with van der Waals surface area (Å²) in [6, 6.07) is 15.4. The quantitative estimate of drug-likeness (QED) is 0.208. The number of carbonyl (C=O) groups excluding carboxylic acids is 1. The summed E-state index contributed by atoms with van der Waals surface area (Å²) in [6.45, 7) is 6.50. The Kier molecular flexibility index (Phi) is 9.17. The van der Waals surface area contributed by atoms with Crippen LogP contribution in [0.4, 0.5) is 5.69 Å². The lowest BCUT2D eigenvalue weighted by atomic mass is 10.1. The van der Waals surface area contributed by atoms with Gasteiger partial charge in [0.15, 0.2) is 5.69 Å². The molecule has 3 aromatic rings. The Labute approximate surface area is 217 Å². The number of carbonyl (C=O) groups is 1. The molecule has 0 saturated carbocycles. The van der Waals surface area contributed by atoms with Gasteiger partial charge in [0.1, 0.15) is 5.75 Å². The number of nitrogens with zero attached hydrogens (tertiary/aromatic N) is 4. The zero-order valence-electron chi connectivity index (χ0n) is 21.3. The highest BCUT2D eigenvalue weighted by molar-refractivity contribution is 7.99. The summed E-state index contributed by atoms with van der Waals surface area (Å²) in [6.07, 6.45) is 5.87. The molecular formula is C28H34N4O3S. The molecular weight excluding hydrogens is 472 g/mol. The molecule has 0 fully saturated rings. The molecule has 4 rings (SSSR count). The van der Waals surface area contributed by atoms with Gasteiger partial charge in [0.2, 0.25) is 23.2 Å². The van der Waals surface area contributed by atoms with Gasteiger partial charge in [-0.25, -0.2) is 0 Å². The highest BCUT2D eigenvalue weighted by Crippen LogP contribution is 2.44. The van der Waals surface area contributed by atoms with E-state index in [-0.39, 0.29) is 5.91 Å². The summed E-state index contributed by atoms with van der Waals surface area (Å²) in [7, 11) is 0. The Morgan fingerprint density at radius 1 is 1.00 bits per heavy atom. The smallest absolute Gasteiger partial charge is 0.247 e. The fourth-order valence-corrected chi connectivity index (χ4v) is 5.01. The van der Waals surface area contributed by atoms with Crippen molar-refractivity contribution in [3.05, 3.63) is 54.1 Å². The highest BCUT2D eigenvalue weighted by Gasteiger charge is 2.36. The summed E-state index contributed by atoms with van der Waals surface area (Å²) in [5.74, 6) is 1.82. The predicted molar refractivity (Wildman–Crippen MR) is 144 cm³/mol. The number of rotatable bonds is 11. The second kappa shape index (κ2) is 12.7. The van der Waals surface area contributed by atoms with E-state index in [1.54, 1.807) is 23.6 Å². The second-order valence-corrected chi connectivity index (χ2v) is 9.84. The van der Waals surface area contributed by atoms with E-state index in [0.29, 0.717) is 34.8 Å². The Morgan fingerprint density at radius 3 is 2.58 bits per heavy atom. The minimum Gasteiger partial charge on any atom is -0.493 e. The van der Waals surface area contributed by atoms with Crippen molar-refractivity contribution in [2.45, 2.75) is 70.7 Å². The van der Waals surface area contributed by atoms with Crippen LogP contribution < -0.4 is 14.4 Å². The molecule has 0 unspecified atom stereocenters. The number of para-hydroxylation sites is 2. The number of amides is 1. The van der Waals surface area contributed by atoms with Crippen molar-refractivity contribution in [1.82, 2.24) is 15.2 Å². The van der Waals surface area contributed by atoms with Gasteiger partial charge in [-0.05, 0) is 31.0 Å². The van der Waals surface area contributed by atoms with Crippen molar-refractivity contribution in [1.29, 1.82) is 0 Å². The number of anilines is 1. The lowest BCUT2D eigenvalue weighted by Crippen LogP contribution is -2.36. The number of thioether (sulfide) groups is 1.